The lowest BCUT2D eigenvalue weighted by molar-refractivity contribution is 0.664. The van der Waals surface area contributed by atoms with E-state index in [2.05, 4.69) is 262 Å². The molecule has 0 amide bonds. The summed E-state index contributed by atoms with van der Waals surface area (Å²) in [4.78, 5) is 9.70. The monoisotopic (exact) mass is 1010 g/mol. The third kappa shape index (κ3) is 9.46. The van der Waals surface area contributed by atoms with Gasteiger partial charge in [-0.3, -0.25) is 4.99 Å². The van der Waals surface area contributed by atoms with Gasteiger partial charge >= 0.3 is 0 Å². The van der Waals surface area contributed by atoms with E-state index in [1.54, 1.807) is 12.1 Å². The van der Waals surface area contributed by atoms with E-state index in [0.29, 0.717) is 11.1 Å². The Hall–Kier alpha value is -11.0. The lowest BCUT2D eigenvalue weighted by Crippen LogP contribution is -2.25. The van der Waals surface area contributed by atoms with E-state index < -0.39 is 6.17 Å². The molecular formula is C72H49N7. The van der Waals surface area contributed by atoms with Gasteiger partial charge < -0.3 is 19.7 Å². The first-order valence-electron chi connectivity index (χ1n) is 26.3. The minimum absolute atomic E-state index is 0.424. The Kier molecular flexibility index (Phi) is 12.7. The Morgan fingerprint density at radius 2 is 0.785 bits per heavy atom. The summed E-state index contributed by atoms with van der Waals surface area (Å²) in [5.74, 6) is 0. The standard InChI is InChI=1S/C72H49N7/c73-48-50-15-13-17-57(43-50)69-47-68(75-72(76-69)58-18-14-16-51(44-58)49-74)56-33-31-54(32-34-56)52-27-29-53(30-28-52)55-35-37-63(38-36-55)79-70-41-39-64(77(59-19-5-1-6-20-59)60-21-7-2-8-22-60)45-66(70)67-46-65(40-42-71(67)79)78(61-23-9-3-10-24-61)62-25-11-4-12-26-62/h1-47,72,75H. The molecule has 13 rings (SSSR count). The van der Waals surface area contributed by atoms with Crippen LogP contribution in [0.15, 0.2) is 290 Å². The minimum Gasteiger partial charge on any atom is -0.360 e. The van der Waals surface area contributed by atoms with Crippen LogP contribution in [0.3, 0.4) is 0 Å². The number of hydrogen-bond acceptors (Lipinski definition) is 6. The number of aromatic nitrogens is 1. The van der Waals surface area contributed by atoms with Crippen molar-refractivity contribution in [3.8, 4) is 40.1 Å². The Balaban J connectivity index is 0.827. The second-order valence-electron chi connectivity index (χ2n) is 19.5. The van der Waals surface area contributed by atoms with E-state index in [0.717, 1.165) is 112 Å². The van der Waals surface area contributed by atoms with Gasteiger partial charge in [-0.05, 0) is 161 Å². The maximum absolute atomic E-state index is 9.66. The predicted molar refractivity (Wildman–Crippen MR) is 324 cm³/mol. The fourth-order valence-electron chi connectivity index (χ4n) is 10.8. The summed E-state index contributed by atoms with van der Waals surface area (Å²) in [7, 11) is 0. The molecular weight excluding hydrogens is 963 g/mol. The van der Waals surface area contributed by atoms with Crippen LogP contribution in [0.2, 0.25) is 0 Å². The van der Waals surface area contributed by atoms with Gasteiger partial charge in [-0.15, -0.1) is 0 Å². The van der Waals surface area contributed by atoms with Gasteiger partial charge in [0.1, 0.15) is 6.17 Å². The lowest BCUT2D eigenvalue weighted by Gasteiger charge is -2.26. The molecule has 372 valence electrons. The molecule has 2 heterocycles. The molecule has 1 aromatic heterocycles. The smallest absolute Gasteiger partial charge is 0.145 e. The maximum Gasteiger partial charge on any atom is 0.145 e. The van der Waals surface area contributed by atoms with Gasteiger partial charge in [0.25, 0.3) is 0 Å². The molecule has 79 heavy (non-hydrogen) atoms. The Labute approximate surface area is 459 Å². The van der Waals surface area contributed by atoms with Crippen molar-refractivity contribution in [3.05, 3.63) is 313 Å². The van der Waals surface area contributed by atoms with Gasteiger partial charge in [-0.1, -0.05) is 158 Å². The van der Waals surface area contributed by atoms with Crippen LogP contribution in [0.5, 0.6) is 0 Å². The SMILES string of the molecule is N#Cc1cccc(C2=NC(c3cccc(C#N)c3)NC(c3ccc(-c4ccc(-c5ccc(-n6c7ccc(N(c8ccccc8)c8ccccc8)cc7c7cc(N(c8ccccc8)c8ccccc8)ccc76)cc5)cc4)cc3)=C2)c1. The van der Waals surface area contributed by atoms with Crippen molar-refractivity contribution in [1.82, 2.24) is 9.88 Å². The number of aliphatic imine (C=N–C) groups is 1. The summed E-state index contributed by atoms with van der Waals surface area (Å²) in [5.41, 5.74) is 19.8. The molecule has 0 aliphatic carbocycles. The summed E-state index contributed by atoms with van der Waals surface area (Å²) < 4.78 is 2.39. The van der Waals surface area contributed by atoms with Crippen molar-refractivity contribution >= 4 is 67.3 Å². The second-order valence-corrected chi connectivity index (χ2v) is 19.5. The van der Waals surface area contributed by atoms with Gasteiger partial charge in [0, 0.05) is 61.8 Å². The average Bonchev–Trinajstić information content (AvgIpc) is 4.00. The van der Waals surface area contributed by atoms with Crippen LogP contribution in [0.25, 0.3) is 55.4 Å². The second kappa shape index (κ2) is 21.0. The van der Waals surface area contributed by atoms with Crippen molar-refractivity contribution in [2.75, 3.05) is 9.80 Å². The van der Waals surface area contributed by atoms with Gasteiger partial charge in [-0.2, -0.15) is 10.5 Å². The number of nitrogens with zero attached hydrogens (tertiary/aromatic N) is 6. The van der Waals surface area contributed by atoms with Crippen molar-refractivity contribution in [2.24, 2.45) is 4.99 Å². The summed E-state index contributed by atoms with van der Waals surface area (Å²) in [6.45, 7) is 0. The number of allylic oxidation sites excluding steroid dienone is 1. The summed E-state index contributed by atoms with van der Waals surface area (Å²) in [5, 5.41) is 25.2. The first kappa shape index (κ1) is 47.7. The van der Waals surface area contributed by atoms with E-state index in [9.17, 15) is 10.5 Å². The number of rotatable bonds is 12. The number of nitriles is 2. The van der Waals surface area contributed by atoms with Gasteiger partial charge in [-0.25, -0.2) is 0 Å². The van der Waals surface area contributed by atoms with E-state index >= 15 is 0 Å². The van der Waals surface area contributed by atoms with Crippen LogP contribution < -0.4 is 15.1 Å². The van der Waals surface area contributed by atoms with Gasteiger partial charge in [0.15, 0.2) is 0 Å². The number of fused-ring (bicyclic) bond motifs is 3. The van der Waals surface area contributed by atoms with Crippen molar-refractivity contribution in [2.45, 2.75) is 6.17 Å². The van der Waals surface area contributed by atoms with E-state index in [1.165, 1.54) is 0 Å². The number of nitrogens with one attached hydrogen (secondary N) is 1. The molecule has 7 nitrogen and oxygen atoms in total. The Morgan fingerprint density at radius 3 is 1.24 bits per heavy atom. The first-order chi connectivity index (χ1) is 39.0. The first-order valence-corrected chi connectivity index (χ1v) is 26.3. The highest BCUT2D eigenvalue weighted by Crippen LogP contribution is 2.43. The summed E-state index contributed by atoms with van der Waals surface area (Å²) in [6.07, 6.45) is 1.61. The third-order valence-corrected chi connectivity index (χ3v) is 14.6. The molecule has 1 atom stereocenters. The molecule has 1 aliphatic heterocycles. The normalized spacial score (nSPS) is 12.9. The van der Waals surface area contributed by atoms with E-state index in [-0.39, 0.29) is 0 Å². The molecule has 1 aliphatic rings. The van der Waals surface area contributed by atoms with Gasteiger partial charge in [0.05, 0.1) is 40.0 Å². The zero-order valence-corrected chi connectivity index (χ0v) is 42.9. The molecule has 7 heteroatoms. The summed E-state index contributed by atoms with van der Waals surface area (Å²) in [6, 6.07) is 102. The van der Waals surface area contributed by atoms with E-state index in [4.69, 9.17) is 4.99 Å². The predicted octanol–water partition coefficient (Wildman–Crippen LogP) is 17.9. The molecule has 1 unspecified atom stereocenters. The molecule has 0 spiro atoms. The number of benzene rings is 11. The zero-order chi connectivity index (χ0) is 53.1. The van der Waals surface area contributed by atoms with Crippen LogP contribution in [-0.4, -0.2) is 10.3 Å². The van der Waals surface area contributed by atoms with Crippen molar-refractivity contribution < 1.29 is 0 Å². The highest BCUT2D eigenvalue weighted by Gasteiger charge is 2.22. The minimum atomic E-state index is -0.424. The van der Waals surface area contributed by atoms with Crippen LogP contribution in [0.1, 0.15) is 34.0 Å². The molecule has 0 fully saturated rings. The maximum atomic E-state index is 9.66. The molecule has 1 N–H and O–H groups in total. The topological polar surface area (TPSA) is 83.4 Å². The van der Waals surface area contributed by atoms with Crippen LogP contribution in [0, 0.1) is 22.7 Å². The molecule has 0 saturated heterocycles. The third-order valence-electron chi connectivity index (χ3n) is 14.6. The Bertz CT molecular complexity index is 4110. The summed E-state index contributed by atoms with van der Waals surface area (Å²) >= 11 is 0. The van der Waals surface area contributed by atoms with Crippen LogP contribution in [-0.2, 0) is 0 Å². The fraction of sp³-hybridized carbons (Fsp3) is 0.0139. The highest BCUT2D eigenvalue weighted by molar-refractivity contribution is 6.14. The molecule has 12 aromatic rings. The molecule has 0 bridgehead atoms. The number of anilines is 6. The Morgan fingerprint density at radius 1 is 0.367 bits per heavy atom. The largest absolute Gasteiger partial charge is 0.360 e. The quantitative estimate of drug-likeness (QED) is 0.132. The zero-order valence-electron chi connectivity index (χ0n) is 42.9. The van der Waals surface area contributed by atoms with Crippen LogP contribution >= 0.6 is 0 Å². The van der Waals surface area contributed by atoms with Crippen LogP contribution in [0.4, 0.5) is 34.1 Å². The van der Waals surface area contributed by atoms with Gasteiger partial charge in [0.2, 0.25) is 0 Å². The molecule has 0 saturated carbocycles. The fourth-order valence-corrected chi connectivity index (χ4v) is 10.8. The number of para-hydroxylation sites is 4. The highest BCUT2D eigenvalue weighted by atomic mass is 15.2. The van der Waals surface area contributed by atoms with Crippen molar-refractivity contribution in [1.29, 1.82) is 10.5 Å². The van der Waals surface area contributed by atoms with Crippen molar-refractivity contribution in [3.63, 3.8) is 0 Å². The van der Waals surface area contributed by atoms with E-state index in [1.807, 2.05) is 42.5 Å². The lowest BCUT2D eigenvalue weighted by atomic mass is 9.97. The number of hydrogen-bond donors (Lipinski definition) is 1. The molecule has 0 radical (unpaired) electrons. The molecule has 11 aromatic carbocycles. The average molecular weight is 1010 g/mol.